The van der Waals surface area contributed by atoms with Crippen LogP contribution in [0, 0.1) is 13.8 Å². The molecule has 3 aromatic rings. The second-order valence-electron chi connectivity index (χ2n) is 4.41. The fourth-order valence-corrected chi connectivity index (χ4v) is 3.56. The van der Waals surface area contributed by atoms with E-state index in [0.29, 0.717) is 20.4 Å². The van der Waals surface area contributed by atoms with E-state index in [1.54, 1.807) is 0 Å². The first-order chi connectivity index (χ1) is 8.70. The Morgan fingerprint density at radius 1 is 1.06 bits per heavy atom. The van der Waals surface area contributed by atoms with Crippen molar-refractivity contribution in [3.63, 3.8) is 0 Å². The zero-order chi connectivity index (χ0) is 12.5. The Kier molecular flexibility index (Phi) is 2.94. The average molecular weight is 302 g/mol. The van der Waals surface area contributed by atoms with Gasteiger partial charge in [-0.1, -0.05) is 0 Å². The summed E-state index contributed by atoms with van der Waals surface area (Å²) in [5, 5.41) is 1.24. The SMILES string of the molecule is Cc1cc(C)cc(Oc2cc3cc[se]c3cn2)c1. The Morgan fingerprint density at radius 3 is 2.61 bits per heavy atom. The van der Waals surface area contributed by atoms with Crippen LogP contribution in [0.25, 0.3) is 9.65 Å². The summed E-state index contributed by atoms with van der Waals surface area (Å²) in [6, 6.07) is 10.3. The molecule has 0 atom stereocenters. The van der Waals surface area contributed by atoms with Crippen LogP contribution in [-0.4, -0.2) is 19.5 Å². The number of aromatic nitrogens is 1. The van der Waals surface area contributed by atoms with Gasteiger partial charge in [-0.05, 0) is 0 Å². The van der Waals surface area contributed by atoms with Gasteiger partial charge in [0.1, 0.15) is 0 Å². The van der Waals surface area contributed by atoms with Crippen molar-refractivity contribution >= 4 is 24.1 Å². The quantitative estimate of drug-likeness (QED) is 0.673. The normalized spacial score (nSPS) is 10.8. The van der Waals surface area contributed by atoms with Crippen molar-refractivity contribution < 1.29 is 4.74 Å². The number of ether oxygens (including phenoxy) is 1. The number of benzene rings is 1. The van der Waals surface area contributed by atoms with Crippen molar-refractivity contribution in [3.05, 3.63) is 52.6 Å². The van der Waals surface area contributed by atoms with Gasteiger partial charge in [0.15, 0.2) is 0 Å². The monoisotopic (exact) mass is 303 g/mol. The second kappa shape index (κ2) is 4.60. The molecule has 2 aromatic heterocycles. The summed E-state index contributed by atoms with van der Waals surface area (Å²) in [5.41, 5.74) is 2.41. The number of pyridine rings is 1. The molecule has 3 heteroatoms. The van der Waals surface area contributed by atoms with E-state index in [0.717, 1.165) is 5.75 Å². The molecule has 2 nitrogen and oxygen atoms in total. The molecule has 1 aromatic carbocycles. The molecular formula is C15H13NOSe. The third-order valence-electron chi connectivity index (χ3n) is 2.73. The van der Waals surface area contributed by atoms with Crippen molar-refractivity contribution in [2.24, 2.45) is 0 Å². The third-order valence-corrected chi connectivity index (χ3v) is 4.55. The Balaban J connectivity index is 1.95. The van der Waals surface area contributed by atoms with Crippen molar-refractivity contribution in [2.75, 3.05) is 0 Å². The van der Waals surface area contributed by atoms with Gasteiger partial charge in [0.25, 0.3) is 0 Å². The van der Waals surface area contributed by atoms with E-state index < -0.39 is 0 Å². The van der Waals surface area contributed by atoms with Gasteiger partial charge >= 0.3 is 112 Å². The topological polar surface area (TPSA) is 22.1 Å². The van der Waals surface area contributed by atoms with Crippen LogP contribution in [0.4, 0.5) is 0 Å². The zero-order valence-corrected chi connectivity index (χ0v) is 12.0. The minimum atomic E-state index is 0.445. The van der Waals surface area contributed by atoms with Gasteiger partial charge in [0.05, 0.1) is 0 Å². The number of hydrogen-bond acceptors (Lipinski definition) is 2. The summed E-state index contributed by atoms with van der Waals surface area (Å²) in [4.78, 5) is 6.57. The van der Waals surface area contributed by atoms with Crippen LogP contribution in [0.1, 0.15) is 11.1 Å². The van der Waals surface area contributed by atoms with E-state index in [2.05, 4.69) is 35.9 Å². The molecule has 3 rings (SSSR count). The third kappa shape index (κ3) is 2.33. The standard InChI is InChI=1S/C15H13NOSe/c1-10-5-11(2)7-13(6-10)17-15-8-12-3-4-18-14(12)9-16-15/h3-9H,1-2H3. The molecule has 0 saturated carbocycles. The average Bonchev–Trinajstić information content (AvgIpc) is 2.74. The number of nitrogens with zero attached hydrogens (tertiary/aromatic N) is 1. The Morgan fingerprint density at radius 2 is 1.83 bits per heavy atom. The van der Waals surface area contributed by atoms with Crippen LogP contribution in [0.15, 0.2) is 41.5 Å². The Labute approximate surface area is 112 Å². The second-order valence-corrected chi connectivity index (χ2v) is 6.39. The summed E-state index contributed by atoms with van der Waals surface area (Å²) in [6.45, 7) is 4.14. The van der Waals surface area contributed by atoms with Gasteiger partial charge in [-0.15, -0.1) is 0 Å². The molecular weight excluding hydrogens is 289 g/mol. The number of aryl methyl sites for hydroxylation is 2. The molecule has 90 valence electrons. The molecule has 0 fully saturated rings. The minimum absolute atomic E-state index is 0.445. The van der Waals surface area contributed by atoms with Crippen LogP contribution in [0.5, 0.6) is 11.6 Å². The molecule has 18 heavy (non-hydrogen) atoms. The number of hydrogen-bond donors (Lipinski definition) is 0. The molecule has 2 heterocycles. The van der Waals surface area contributed by atoms with Crippen molar-refractivity contribution in [1.29, 1.82) is 0 Å². The zero-order valence-electron chi connectivity index (χ0n) is 10.3. The molecule has 0 radical (unpaired) electrons. The van der Waals surface area contributed by atoms with E-state index in [1.807, 2.05) is 24.4 Å². The van der Waals surface area contributed by atoms with Crippen LogP contribution in [0.3, 0.4) is 0 Å². The predicted octanol–water partition coefficient (Wildman–Crippen LogP) is 3.70. The molecule has 0 N–H and O–H groups in total. The van der Waals surface area contributed by atoms with E-state index in [1.165, 1.54) is 20.8 Å². The van der Waals surface area contributed by atoms with Crippen LogP contribution in [-0.2, 0) is 0 Å². The van der Waals surface area contributed by atoms with Crippen molar-refractivity contribution in [1.82, 2.24) is 4.98 Å². The summed E-state index contributed by atoms with van der Waals surface area (Å²) < 4.78 is 7.16. The van der Waals surface area contributed by atoms with Gasteiger partial charge in [-0.25, -0.2) is 0 Å². The summed E-state index contributed by atoms with van der Waals surface area (Å²) in [7, 11) is 0. The molecule has 0 saturated heterocycles. The molecule has 0 amide bonds. The van der Waals surface area contributed by atoms with Gasteiger partial charge in [0.2, 0.25) is 0 Å². The van der Waals surface area contributed by atoms with E-state index >= 15 is 0 Å². The fraction of sp³-hybridized carbons (Fsp3) is 0.133. The maximum atomic E-state index is 5.83. The molecule has 0 aliphatic rings. The summed E-state index contributed by atoms with van der Waals surface area (Å²) in [6.07, 6.45) is 1.92. The predicted molar refractivity (Wildman–Crippen MR) is 74.7 cm³/mol. The van der Waals surface area contributed by atoms with Crippen LogP contribution >= 0.6 is 0 Å². The van der Waals surface area contributed by atoms with Crippen molar-refractivity contribution in [3.8, 4) is 11.6 Å². The van der Waals surface area contributed by atoms with Crippen LogP contribution < -0.4 is 4.74 Å². The maximum absolute atomic E-state index is 5.83. The molecule has 0 aliphatic carbocycles. The summed E-state index contributed by atoms with van der Waals surface area (Å²) >= 11 is 0.445. The van der Waals surface area contributed by atoms with Gasteiger partial charge in [-0.3, -0.25) is 0 Å². The van der Waals surface area contributed by atoms with E-state index in [4.69, 9.17) is 4.74 Å². The number of fused-ring (bicyclic) bond motifs is 1. The first-order valence-electron chi connectivity index (χ1n) is 5.80. The van der Waals surface area contributed by atoms with Gasteiger partial charge in [-0.2, -0.15) is 0 Å². The fourth-order valence-electron chi connectivity index (χ4n) is 2.02. The number of rotatable bonds is 2. The first-order valence-corrected chi connectivity index (χ1v) is 7.65. The molecule has 0 bridgehead atoms. The Bertz CT molecular complexity index is 682. The van der Waals surface area contributed by atoms with E-state index in [-0.39, 0.29) is 0 Å². The van der Waals surface area contributed by atoms with Crippen molar-refractivity contribution in [2.45, 2.75) is 13.8 Å². The van der Waals surface area contributed by atoms with Gasteiger partial charge in [0, 0.05) is 0 Å². The van der Waals surface area contributed by atoms with E-state index in [9.17, 15) is 0 Å². The Hall–Kier alpha value is -1.57. The molecule has 0 unspecified atom stereocenters. The van der Waals surface area contributed by atoms with Gasteiger partial charge < -0.3 is 0 Å². The molecule has 0 aliphatic heterocycles. The van der Waals surface area contributed by atoms with Crippen LogP contribution in [0.2, 0.25) is 0 Å². The first kappa shape index (κ1) is 11.5. The summed E-state index contributed by atoms with van der Waals surface area (Å²) in [5.74, 6) is 1.52. The molecule has 0 spiro atoms.